The summed E-state index contributed by atoms with van der Waals surface area (Å²) >= 11 is 5.86. The minimum absolute atomic E-state index is 0.184. The lowest BCUT2D eigenvalue weighted by Gasteiger charge is -2.11. The number of benzene rings is 2. The Bertz CT molecular complexity index is 586. The summed E-state index contributed by atoms with van der Waals surface area (Å²) in [6.45, 7) is 0. The van der Waals surface area contributed by atoms with E-state index in [1.54, 1.807) is 7.11 Å². The number of nitriles is 1. The van der Waals surface area contributed by atoms with Gasteiger partial charge in [-0.05, 0) is 41.8 Å². The molecule has 2 nitrogen and oxygen atoms in total. The highest BCUT2D eigenvalue weighted by Crippen LogP contribution is 2.24. The Hall–Kier alpha value is -1.98. The van der Waals surface area contributed by atoms with Crippen molar-refractivity contribution in [2.75, 3.05) is 7.11 Å². The number of hydrogen-bond acceptors (Lipinski definition) is 2. The molecule has 0 amide bonds. The van der Waals surface area contributed by atoms with Crippen molar-refractivity contribution in [3.05, 3.63) is 64.7 Å². The quantitative estimate of drug-likeness (QED) is 0.835. The molecule has 0 N–H and O–H groups in total. The molecule has 0 aromatic heterocycles. The lowest BCUT2D eigenvalue weighted by Crippen LogP contribution is -2.00. The van der Waals surface area contributed by atoms with E-state index in [0.29, 0.717) is 11.4 Å². The van der Waals surface area contributed by atoms with Crippen LogP contribution in [0, 0.1) is 11.3 Å². The van der Waals surface area contributed by atoms with Gasteiger partial charge in [0.25, 0.3) is 0 Å². The van der Waals surface area contributed by atoms with Crippen molar-refractivity contribution in [1.29, 1.82) is 5.26 Å². The van der Waals surface area contributed by atoms with Crippen molar-refractivity contribution in [2.24, 2.45) is 0 Å². The van der Waals surface area contributed by atoms with E-state index in [0.717, 1.165) is 16.9 Å². The second kappa shape index (κ2) is 6.26. The minimum atomic E-state index is -0.184. The number of nitrogens with zero attached hydrogens (tertiary/aromatic N) is 1. The van der Waals surface area contributed by atoms with Crippen LogP contribution in [0.1, 0.15) is 17.0 Å². The molecule has 0 bridgehead atoms. The third kappa shape index (κ3) is 3.49. The molecule has 3 heteroatoms. The molecule has 0 saturated carbocycles. The molecule has 0 spiro atoms. The predicted octanol–water partition coefficient (Wildman–Crippen LogP) is 4.20. The van der Waals surface area contributed by atoms with Gasteiger partial charge in [-0.25, -0.2) is 0 Å². The summed E-state index contributed by atoms with van der Waals surface area (Å²) in [5, 5.41) is 10.0. The Labute approximate surface area is 118 Å². The summed E-state index contributed by atoms with van der Waals surface area (Å²) in [5.41, 5.74) is 2.07. The molecule has 1 unspecified atom stereocenters. The molecule has 19 heavy (non-hydrogen) atoms. The zero-order valence-corrected chi connectivity index (χ0v) is 11.4. The normalized spacial score (nSPS) is 11.6. The van der Waals surface area contributed by atoms with Crippen LogP contribution >= 0.6 is 11.6 Å². The summed E-state index contributed by atoms with van der Waals surface area (Å²) in [4.78, 5) is 0. The van der Waals surface area contributed by atoms with Gasteiger partial charge in [-0.1, -0.05) is 35.9 Å². The molecule has 2 rings (SSSR count). The van der Waals surface area contributed by atoms with E-state index in [1.165, 1.54) is 0 Å². The first kappa shape index (κ1) is 13.5. The first-order valence-corrected chi connectivity index (χ1v) is 6.38. The van der Waals surface area contributed by atoms with Crippen molar-refractivity contribution >= 4 is 11.6 Å². The van der Waals surface area contributed by atoms with Crippen LogP contribution in [-0.2, 0) is 6.42 Å². The predicted molar refractivity (Wildman–Crippen MR) is 76.5 cm³/mol. The van der Waals surface area contributed by atoms with Crippen LogP contribution < -0.4 is 4.74 Å². The summed E-state index contributed by atoms with van der Waals surface area (Å²) < 4.78 is 5.19. The Morgan fingerprint density at radius 2 is 1.95 bits per heavy atom. The molecule has 0 aliphatic carbocycles. The van der Waals surface area contributed by atoms with Crippen LogP contribution in [-0.4, -0.2) is 7.11 Å². The molecule has 2 aromatic carbocycles. The fourth-order valence-corrected chi connectivity index (χ4v) is 2.08. The van der Waals surface area contributed by atoms with Gasteiger partial charge in [-0.3, -0.25) is 0 Å². The van der Waals surface area contributed by atoms with Gasteiger partial charge in [0.15, 0.2) is 0 Å². The van der Waals surface area contributed by atoms with Gasteiger partial charge in [0.2, 0.25) is 0 Å². The third-order valence-electron chi connectivity index (χ3n) is 3.01. The van der Waals surface area contributed by atoms with Gasteiger partial charge in [0, 0.05) is 5.02 Å². The summed E-state index contributed by atoms with van der Waals surface area (Å²) in [6, 6.07) is 17.6. The molecule has 0 aliphatic heterocycles. The zero-order chi connectivity index (χ0) is 13.7. The van der Waals surface area contributed by atoms with Crippen molar-refractivity contribution < 1.29 is 4.74 Å². The maximum atomic E-state index is 9.34. The molecule has 2 aromatic rings. The van der Waals surface area contributed by atoms with Gasteiger partial charge in [-0.15, -0.1) is 0 Å². The van der Waals surface area contributed by atoms with E-state index in [4.69, 9.17) is 16.3 Å². The minimum Gasteiger partial charge on any atom is -0.497 e. The topological polar surface area (TPSA) is 33.0 Å². The summed E-state index contributed by atoms with van der Waals surface area (Å²) in [6.07, 6.45) is 0.667. The van der Waals surface area contributed by atoms with Crippen molar-refractivity contribution in [3.63, 3.8) is 0 Å². The fraction of sp³-hybridized carbons (Fsp3) is 0.188. The fourth-order valence-electron chi connectivity index (χ4n) is 1.95. The molecule has 0 fully saturated rings. The highest BCUT2D eigenvalue weighted by molar-refractivity contribution is 6.30. The van der Waals surface area contributed by atoms with Crippen LogP contribution in [0.15, 0.2) is 48.5 Å². The SMILES string of the molecule is COc1cccc(C(C#N)Cc2ccc(Cl)cc2)c1. The van der Waals surface area contributed by atoms with Gasteiger partial charge < -0.3 is 4.74 Å². The molecular weight excluding hydrogens is 258 g/mol. The molecule has 0 heterocycles. The summed E-state index contributed by atoms with van der Waals surface area (Å²) in [7, 11) is 1.62. The molecule has 96 valence electrons. The van der Waals surface area contributed by atoms with Gasteiger partial charge in [0.1, 0.15) is 5.75 Å². The van der Waals surface area contributed by atoms with E-state index < -0.39 is 0 Å². The van der Waals surface area contributed by atoms with E-state index in [9.17, 15) is 5.26 Å². The molecule has 0 radical (unpaired) electrons. The van der Waals surface area contributed by atoms with Crippen molar-refractivity contribution in [1.82, 2.24) is 0 Å². The average molecular weight is 272 g/mol. The average Bonchev–Trinajstić information content (AvgIpc) is 2.46. The smallest absolute Gasteiger partial charge is 0.119 e. The molecule has 0 aliphatic rings. The number of ether oxygens (including phenoxy) is 1. The van der Waals surface area contributed by atoms with Gasteiger partial charge in [0.05, 0.1) is 19.1 Å². The molecule has 0 saturated heterocycles. The van der Waals surface area contributed by atoms with Crippen molar-refractivity contribution in [3.8, 4) is 11.8 Å². The third-order valence-corrected chi connectivity index (χ3v) is 3.26. The monoisotopic (exact) mass is 271 g/mol. The summed E-state index contributed by atoms with van der Waals surface area (Å²) in [5.74, 6) is 0.588. The van der Waals surface area contributed by atoms with Crippen LogP contribution in [0.3, 0.4) is 0 Å². The second-order valence-corrected chi connectivity index (χ2v) is 4.73. The highest BCUT2D eigenvalue weighted by atomic mass is 35.5. The zero-order valence-electron chi connectivity index (χ0n) is 10.6. The van der Waals surface area contributed by atoms with Crippen LogP contribution in [0.4, 0.5) is 0 Å². The maximum Gasteiger partial charge on any atom is 0.119 e. The number of hydrogen-bond donors (Lipinski definition) is 0. The molecule has 1 atom stereocenters. The standard InChI is InChI=1S/C16H14ClNO/c1-19-16-4-2-3-13(10-16)14(11-18)9-12-5-7-15(17)8-6-12/h2-8,10,14H,9H2,1H3. The van der Waals surface area contributed by atoms with E-state index >= 15 is 0 Å². The number of rotatable bonds is 4. The van der Waals surface area contributed by atoms with Crippen LogP contribution in [0.25, 0.3) is 0 Å². The lowest BCUT2D eigenvalue weighted by atomic mass is 9.93. The highest BCUT2D eigenvalue weighted by Gasteiger charge is 2.12. The number of methoxy groups -OCH3 is 1. The second-order valence-electron chi connectivity index (χ2n) is 4.29. The Balaban J connectivity index is 2.20. The Morgan fingerprint density at radius 1 is 1.21 bits per heavy atom. The first-order chi connectivity index (χ1) is 9.22. The van der Waals surface area contributed by atoms with Gasteiger partial charge >= 0.3 is 0 Å². The molecular formula is C16H14ClNO. The van der Waals surface area contributed by atoms with Crippen molar-refractivity contribution in [2.45, 2.75) is 12.3 Å². The maximum absolute atomic E-state index is 9.34. The largest absolute Gasteiger partial charge is 0.497 e. The Morgan fingerprint density at radius 3 is 2.58 bits per heavy atom. The first-order valence-electron chi connectivity index (χ1n) is 6.01. The van der Waals surface area contributed by atoms with Gasteiger partial charge in [-0.2, -0.15) is 5.26 Å². The number of halogens is 1. The van der Waals surface area contributed by atoms with E-state index in [1.807, 2.05) is 48.5 Å². The van der Waals surface area contributed by atoms with E-state index in [2.05, 4.69) is 6.07 Å². The Kier molecular flexibility index (Phi) is 4.43. The van der Waals surface area contributed by atoms with E-state index in [-0.39, 0.29) is 5.92 Å². The van der Waals surface area contributed by atoms with Crippen LogP contribution in [0.5, 0.6) is 5.75 Å². The van der Waals surface area contributed by atoms with Crippen LogP contribution in [0.2, 0.25) is 5.02 Å². The lowest BCUT2D eigenvalue weighted by molar-refractivity contribution is 0.414.